The zero-order valence-corrected chi connectivity index (χ0v) is 21.0. The van der Waals surface area contributed by atoms with Crippen LogP contribution in [-0.2, 0) is 19.1 Å². The van der Waals surface area contributed by atoms with E-state index in [1.165, 1.54) is 25.7 Å². The van der Waals surface area contributed by atoms with Crippen LogP contribution in [-0.4, -0.2) is 94.9 Å². The summed E-state index contributed by atoms with van der Waals surface area (Å²) in [5, 5.41) is 17.8. The number of aromatic nitrogens is 2. The molecular weight excluding hydrogens is 542 g/mol. The molecule has 16 heteroatoms. The number of halogens is 6. The molecule has 0 bridgehead atoms. The van der Waals surface area contributed by atoms with E-state index in [2.05, 4.69) is 15.2 Å². The van der Waals surface area contributed by atoms with Crippen LogP contribution in [0, 0.1) is 5.92 Å². The molecule has 0 radical (unpaired) electrons. The number of morpholine rings is 1. The van der Waals surface area contributed by atoms with Crippen LogP contribution >= 0.6 is 0 Å². The maximum atomic E-state index is 10.6. The predicted molar refractivity (Wildman–Crippen MR) is 124 cm³/mol. The van der Waals surface area contributed by atoms with Crippen molar-refractivity contribution < 1.29 is 55.6 Å². The van der Waals surface area contributed by atoms with Crippen LogP contribution in [0.15, 0.2) is 12.3 Å². The molecule has 1 aromatic rings. The molecule has 2 aliphatic heterocycles. The number of hydrogen-bond acceptors (Lipinski definition) is 8. The van der Waals surface area contributed by atoms with Crippen molar-refractivity contribution in [2.24, 2.45) is 5.92 Å². The first-order valence-electron chi connectivity index (χ1n) is 12.4. The lowest BCUT2D eigenvalue weighted by atomic mass is 9.98. The third-order valence-electron chi connectivity index (χ3n) is 6.24. The van der Waals surface area contributed by atoms with E-state index >= 15 is 0 Å². The summed E-state index contributed by atoms with van der Waals surface area (Å²) in [6.07, 6.45) is -0.803. The summed E-state index contributed by atoms with van der Waals surface area (Å²) in [5.41, 5.74) is 0. The van der Waals surface area contributed by atoms with Gasteiger partial charge in [-0.25, -0.2) is 19.6 Å². The van der Waals surface area contributed by atoms with Crippen LogP contribution in [0.25, 0.3) is 0 Å². The van der Waals surface area contributed by atoms with E-state index in [4.69, 9.17) is 34.3 Å². The molecule has 1 unspecified atom stereocenters. The number of nitrogens with one attached hydrogen (secondary N) is 1. The second kappa shape index (κ2) is 15.2. The second-order valence-electron chi connectivity index (χ2n) is 9.17. The van der Waals surface area contributed by atoms with Gasteiger partial charge in [0.15, 0.2) is 0 Å². The first-order valence-corrected chi connectivity index (χ1v) is 12.4. The molecule has 0 amide bonds. The van der Waals surface area contributed by atoms with Crippen molar-refractivity contribution in [1.82, 2.24) is 14.9 Å². The summed E-state index contributed by atoms with van der Waals surface area (Å²) < 4.78 is 74.7. The van der Waals surface area contributed by atoms with Gasteiger partial charge >= 0.3 is 24.3 Å². The SMILES string of the molecule is O=C(O)C(F)(F)F.O=C(O)C(F)(F)F.c1cc(NC2CCCC2)nc(C2COCCN2CC2CCOCC2)n1. The van der Waals surface area contributed by atoms with Gasteiger partial charge in [-0.2, -0.15) is 26.3 Å². The molecule has 1 saturated carbocycles. The highest BCUT2D eigenvalue weighted by atomic mass is 19.4. The number of anilines is 1. The minimum absolute atomic E-state index is 0.168. The number of rotatable bonds is 5. The summed E-state index contributed by atoms with van der Waals surface area (Å²) in [4.78, 5) is 29.7. The number of nitrogens with zero attached hydrogens (tertiary/aromatic N) is 3. The normalized spacial score (nSPS) is 21.2. The van der Waals surface area contributed by atoms with Crippen molar-refractivity contribution >= 4 is 17.8 Å². The third-order valence-corrected chi connectivity index (χ3v) is 6.24. The molecule has 1 aromatic heterocycles. The third kappa shape index (κ3) is 11.9. The summed E-state index contributed by atoms with van der Waals surface area (Å²) in [7, 11) is 0. The summed E-state index contributed by atoms with van der Waals surface area (Å²) in [6.45, 7) is 5.36. The second-order valence-corrected chi connectivity index (χ2v) is 9.17. The minimum atomic E-state index is -5.08. The standard InChI is InChI=1S/C19H30N4O2.2C2HF3O2/c1-2-4-16(3-1)21-18-5-8-20-19(22-18)17-14-25-12-9-23(17)13-15-6-10-24-11-7-15;2*3-2(4,5)1(6)7/h5,8,15-17H,1-4,6-7,9-14H2,(H,20,21,22);2*(H,6,7). The van der Waals surface area contributed by atoms with Crippen LogP contribution in [0.5, 0.6) is 0 Å². The van der Waals surface area contributed by atoms with Gasteiger partial charge in [0.1, 0.15) is 11.6 Å². The molecule has 3 N–H and O–H groups in total. The fourth-order valence-electron chi connectivity index (χ4n) is 4.25. The largest absolute Gasteiger partial charge is 0.490 e. The maximum Gasteiger partial charge on any atom is 0.490 e. The van der Waals surface area contributed by atoms with Crippen LogP contribution in [0.2, 0.25) is 0 Å². The zero-order chi connectivity index (χ0) is 29.1. The van der Waals surface area contributed by atoms with Crippen molar-refractivity contribution in [1.29, 1.82) is 0 Å². The molecule has 1 atom stereocenters. The van der Waals surface area contributed by atoms with Crippen molar-refractivity contribution in [3.8, 4) is 0 Å². The first kappa shape index (κ1) is 32.5. The number of aliphatic carboxylic acids is 2. The average molecular weight is 575 g/mol. The van der Waals surface area contributed by atoms with Crippen LogP contribution in [0.3, 0.4) is 0 Å². The Bertz CT molecular complexity index is 884. The van der Waals surface area contributed by atoms with Gasteiger partial charge in [-0.3, -0.25) is 4.90 Å². The molecule has 10 nitrogen and oxygen atoms in total. The van der Waals surface area contributed by atoms with Gasteiger partial charge in [0.05, 0.1) is 19.3 Å². The van der Waals surface area contributed by atoms with Gasteiger partial charge in [0.25, 0.3) is 0 Å². The topological polar surface area (TPSA) is 134 Å². The number of ether oxygens (including phenoxy) is 2. The van der Waals surface area contributed by atoms with E-state index in [1.807, 2.05) is 12.3 Å². The van der Waals surface area contributed by atoms with E-state index in [0.717, 1.165) is 57.4 Å². The fourth-order valence-corrected chi connectivity index (χ4v) is 4.25. The van der Waals surface area contributed by atoms with Gasteiger partial charge in [-0.15, -0.1) is 0 Å². The number of carboxylic acids is 2. The Hall–Kier alpha value is -2.72. The molecule has 1 aliphatic carbocycles. The Morgan fingerprint density at radius 1 is 0.949 bits per heavy atom. The van der Waals surface area contributed by atoms with Crippen LogP contribution in [0.1, 0.15) is 50.4 Å². The van der Waals surface area contributed by atoms with Crippen molar-refractivity contribution in [3.05, 3.63) is 18.1 Å². The lowest BCUT2D eigenvalue weighted by Gasteiger charge is -2.37. The van der Waals surface area contributed by atoms with Crippen LogP contribution in [0.4, 0.5) is 32.2 Å². The summed E-state index contributed by atoms with van der Waals surface area (Å²) in [6, 6.07) is 2.74. The summed E-state index contributed by atoms with van der Waals surface area (Å²) >= 11 is 0. The first-order chi connectivity index (χ1) is 18.3. The fraction of sp³-hybridized carbons (Fsp3) is 0.739. The Morgan fingerprint density at radius 3 is 2.05 bits per heavy atom. The van der Waals surface area contributed by atoms with E-state index in [9.17, 15) is 26.3 Å². The van der Waals surface area contributed by atoms with Gasteiger partial charge < -0.3 is 25.0 Å². The van der Waals surface area contributed by atoms with Crippen LogP contribution < -0.4 is 5.32 Å². The molecule has 222 valence electrons. The number of hydrogen-bond donors (Lipinski definition) is 3. The molecule has 3 heterocycles. The van der Waals surface area contributed by atoms with E-state index in [-0.39, 0.29) is 6.04 Å². The Kier molecular flexibility index (Phi) is 12.6. The predicted octanol–water partition coefficient (Wildman–Crippen LogP) is 3.90. The zero-order valence-electron chi connectivity index (χ0n) is 21.0. The molecule has 3 fully saturated rings. The molecule has 3 aliphatic rings. The van der Waals surface area contributed by atoms with Gasteiger partial charge in [-0.05, 0) is 37.7 Å². The number of alkyl halides is 6. The smallest absolute Gasteiger partial charge is 0.475 e. The minimum Gasteiger partial charge on any atom is -0.475 e. The summed E-state index contributed by atoms with van der Waals surface area (Å²) in [5.74, 6) is -2.93. The molecular formula is C23H32F6N4O6. The van der Waals surface area contributed by atoms with Crippen molar-refractivity contribution in [2.45, 2.75) is 63.0 Å². The molecule has 2 saturated heterocycles. The van der Waals surface area contributed by atoms with Crippen molar-refractivity contribution in [2.75, 3.05) is 44.8 Å². The highest BCUT2D eigenvalue weighted by Gasteiger charge is 2.39. The molecule has 39 heavy (non-hydrogen) atoms. The highest BCUT2D eigenvalue weighted by Crippen LogP contribution is 2.27. The Morgan fingerprint density at radius 2 is 1.51 bits per heavy atom. The quantitative estimate of drug-likeness (QED) is 0.445. The average Bonchev–Trinajstić information content (AvgIpc) is 3.38. The highest BCUT2D eigenvalue weighted by molar-refractivity contribution is 5.73. The van der Waals surface area contributed by atoms with Crippen molar-refractivity contribution in [3.63, 3.8) is 0 Å². The lowest BCUT2D eigenvalue weighted by Crippen LogP contribution is -2.43. The van der Waals surface area contributed by atoms with Gasteiger partial charge in [0, 0.05) is 38.5 Å². The number of carboxylic acid groups (broad SMARTS) is 2. The van der Waals surface area contributed by atoms with E-state index < -0.39 is 24.3 Å². The molecule has 0 aromatic carbocycles. The molecule has 0 spiro atoms. The van der Waals surface area contributed by atoms with E-state index in [0.29, 0.717) is 18.6 Å². The number of carbonyl (C=O) groups is 2. The Balaban J connectivity index is 0.000000317. The van der Waals surface area contributed by atoms with Gasteiger partial charge in [-0.1, -0.05) is 12.8 Å². The Labute approximate surface area is 220 Å². The maximum absolute atomic E-state index is 10.6. The van der Waals surface area contributed by atoms with E-state index in [1.54, 1.807) is 0 Å². The van der Waals surface area contributed by atoms with Gasteiger partial charge in [0.2, 0.25) is 0 Å². The molecule has 4 rings (SSSR count). The lowest BCUT2D eigenvalue weighted by molar-refractivity contribution is -0.193. The monoisotopic (exact) mass is 574 g/mol.